The van der Waals surface area contributed by atoms with Crippen molar-refractivity contribution < 1.29 is 5.11 Å². The van der Waals surface area contributed by atoms with Gasteiger partial charge in [0.05, 0.1) is 6.61 Å². The normalized spacial score (nSPS) is 38.3. The zero-order valence-corrected chi connectivity index (χ0v) is 8.39. The lowest BCUT2D eigenvalue weighted by Crippen LogP contribution is -2.58. The quantitative estimate of drug-likeness (QED) is 0.651. The summed E-state index contributed by atoms with van der Waals surface area (Å²) in [6.45, 7) is 0.188. The molecule has 2 heteroatoms. The summed E-state index contributed by atoms with van der Waals surface area (Å²) in [4.78, 5) is 0. The molecule has 0 aromatic heterocycles. The van der Waals surface area contributed by atoms with E-state index < -0.39 is 0 Å². The molecule has 0 amide bonds. The highest BCUT2D eigenvalue weighted by Crippen LogP contribution is 2.53. The zero-order chi connectivity index (χ0) is 9.36. The van der Waals surface area contributed by atoms with Crippen LogP contribution in [0.15, 0.2) is 0 Å². The smallest absolute Gasteiger partial charge is 0.0616 e. The van der Waals surface area contributed by atoms with Crippen LogP contribution in [0.4, 0.5) is 0 Å². The van der Waals surface area contributed by atoms with Gasteiger partial charge in [0, 0.05) is 5.54 Å². The van der Waals surface area contributed by atoms with E-state index in [1.807, 2.05) is 0 Å². The predicted molar refractivity (Wildman–Crippen MR) is 53.4 cm³/mol. The van der Waals surface area contributed by atoms with Crippen molar-refractivity contribution in [1.29, 1.82) is 0 Å². The molecule has 76 valence electrons. The summed E-state index contributed by atoms with van der Waals surface area (Å²) in [5.41, 5.74) is 6.41. The van der Waals surface area contributed by atoms with Crippen molar-refractivity contribution in [2.45, 2.75) is 56.9 Å². The molecule has 0 radical (unpaired) electrons. The van der Waals surface area contributed by atoms with E-state index in [9.17, 15) is 5.11 Å². The van der Waals surface area contributed by atoms with Gasteiger partial charge < -0.3 is 10.8 Å². The van der Waals surface area contributed by atoms with Gasteiger partial charge in [0.2, 0.25) is 0 Å². The van der Waals surface area contributed by atoms with E-state index in [2.05, 4.69) is 0 Å². The fourth-order valence-electron chi connectivity index (χ4n) is 3.46. The van der Waals surface area contributed by atoms with Crippen molar-refractivity contribution in [1.82, 2.24) is 0 Å². The van der Waals surface area contributed by atoms with Crippen molar-refractivity contribution in [2.24, 2.45) is 11.1 Å². The van der Waals surface area contributed by atoms with Crippen LogP contribution in [0.25, 0.3) is 0 Å². The highest BCUT2D eigenvalue weighted by Gasteiger charge is 2.50. The molecule has 13 heavy (non-hydrogen) atoms. The van der Waals surface area contributed by atoms with Crippen LogP contribution in [0.2, 0.25) is 0 Å². The van der Waals surface area contributed by atoms with Gasteiger partial charge in [0.15, 0.2) is 0 Å². The fraction of sp³-hybridized carbons (Fsp3) is 1.00. The number of aliphatic hydroxyl groups excluding tert-OH is 1. The highest BCUT2D eigenvalue weighted by atomic mass is 16.3. The van der Waals surface area contributed by atoms with Crippen molar-refractivity contribution in [3.05, 3.63) is 0 Å². The lowest BCUT2D eigenvalue weighted by Gasteiger charge is -2.49. The second kappa shape index (κ2) is 3.25. The van der Waals surface area contributed by atoms with Crippen LogP contribution >= 0.6 is 0 Å². The first kappa shape index (κ1) is 9.47. The average Bonchev–Trinajstić information content (AvgIpc) is 2.61. The van der Waals surface area contributed by atoms with Gasteiger partial charge in [-0.05, 0) is 31.1 Å². The molecule has 2 aliphatic rings. The van der Waals surface area contributed by atoms with Crippen molar-refractivity contribution >= 4 is 0 Å². The third-order valence-corrected chi connectivity index (χ3v) is 4.43. The van der Waals surface area contributed by atoms with Gasteiger partial charge in [-0.2, -0.15) is 0 Å². The molecule has 0 aromatic rings. The zero-order valence-electron chi connectivity index (χ0n) is 8.39. The molecule has 1 unspecified atom stereocenters. The first-order valence-corrected chi connectivity index (χ1v) is 5.62. The van der Waals surface area contributed by atoms with E-state index in [0.29, 0.717) is 5.41 Å². The average molecular weight is 183 g/mol. The van der Waals surface area contributed by atoms with Gasteiger partial charge in [-0.3, -0.25) is 0 Å². The molecule has 2 aliphatic carbocycles. The molecule has 0 bridgehead atoms. The lowest BCUT2D eigenvalue weighted by atomic mass is 9.61. The van der Waals surface area contributed by atoms with E-state index in [-0.39, 0.29) is 12.1 Å². The van der Waals surface area contributed by atoms with Gasteiger partial charge in [0.1, 0.15) is 0 Å². The minimum absolute atomic E-state index is 0.188. The molecule has 0 heterocycles. The minimum Gasteiger partial charge on any atom is -0.394 e. The maximum absolute atomic E-state index is 9.45. The van der Waals surface area contributed by atoms with Crippen LogP contribution < -0.4 is 5.73 Å². The Morgan fingerprint density at radius 1 is 0.923 bits per heavy atom. The number of rotatable bonds is 1. The standard InChI is InChI=1S/C11H21NO/c12-11(9-13)8-4-3-7-10(11)5-1-2-6-10/h13H,1-9,12H2. The Kier molecular flexibility index (Phi) is 2.37. The monoisotopic (exact) mass is 183 g/mol. The summed E-state index contributed by atoms with van der Waals surface area (Å²) in [6, 6.07) is 0. The van der Waals surface area contributed by atoms with Crippen molar-refractivity contribution in [3.63, 3.8) is 0 Å². The van der Waals surface area contributed by atoms with E-state index in [1.54, 1.807) is 0 Å². The van der Waals surface area contributed by atoms with Crippen LogP contribution in [0, 0.1) is 5.41 Å². The Labute approximate surface area is 80.5 Å². The van der Waals surface area contributed by atoms with Gasteiger partial charge >= 0.3 is 0 Å². The molecule has 0 aromatic carbocycles. The molecule has 3 N–H and O–H groups in total. The summed E-state index contributed by atoms with van der Waals surface area (Å²) >= 11 is 0. The van der Waals surface area contributed by atoms with Crippen LogP contribution in [0.1, 0.15) is 51.4 Å². The van der Waals surface area contributed by atoms with Crippen LogP contribution in [-0.4, -0.2) is 17.3 Å². The summed E-state index contributed by atoms with van der Waals surface area (Å²) in [7, 11) is 0. The number of hydrogen-bond acceptors (Lipinski definition) is 2. The van der Waals surface area contributed by atoms with E-state index >= 15 is 0 Å². The highest BCUT2D eigenvalue weighted by molar-refractivity contribution is 5.06. The van der Waals surface area contributed by atoms with Gasteiger partial charge in [0.25, 0.3) is 0 Å². The maximum Gasteiger partial charge on any atom is 0.0616 e. The predicted octanol–water partition coefficient (Wildman–Crippen LogP) is 1.81. The molecule has 1 atom stereocenters. The van der Waals surface area contributed by atoms with Crippen LogP contribution in [-0.2, 0) is 0 Å². The van der Waals surface area contributed by atoms with E-state index in [4.69, 9.17) is 5.73 Å². The first-order chi connectivity index (χ1) is 6.22. The van der Waals surface area contributed by atoms with Crippen molar-refractivity contribution in [3.8, 4) is 0 Å². The maximum atomic E-state index is 9.45. The molecule has 1 spiro atoms. The third-order valence-electron chi connectivity index (χ3n) is 4.43. The Hall–Kier alpha value is -0.0800. The molecular formula is C11H21NO. The Balaban J connectivity index is 2.21. The molecule has 2 fully saturated rings. The lowest BCUT2D eigenvalue weighted by molar-refractivity contribution is 0.0187. The molecular weight excluding hydrogens is 162 g/mol. The number of nitrogens with two attached hydrogens (primary N) is 1. The van der Waals surface area contributed by atoms with Crippen molar-refractivity contribution in [2.75, 3.05) is 6.61 Å². The number of aliphatic hydroxyl groups is 1. The SMILES string of the molecule is NC1(CO)CCCCC12CCCC2. The largest absolute Gasteiger partial charge is 0.394 e. The molecule has 2 rings (SSSR count). The van der Waals surface area contributed by atoms with Gasteiger partial charge in [-0.1, -0.05) is 25.7 Å². The summed E-state index contributed by atoms with van der Waals surface area (Å²) in [5.74, 6) is 0. The second-order valence-corrected chi connectivity index (χ2v) is 5.01. The van der Waals surface area contributed by atoms with E-state index in [0.717, 1.165) is 6.42 Å². The first-order valence-electron chi connectivity index (χ1n) is 5.62. The third kappa shape index (κ3) is 1.31. The minimum atomic E-state index is -0.248. The van der Waals surface area contributed by atoms with Crippen LogP contribution in [0.5, 0.6) is 0 Å². The molecule has 0 aliphatic heterocycles. The topological polar surface area (TPSA) is 46.2 Å². The Morgan fingerprint density at radius 3 is 1.85 bits per heavy atom. The summed E-state index contributed by atoms with van der Waals surface area (Å²) < 4.78 is 0. The molecule has 2 saturated carbocycles. The Bertz CT molecular complexity index is 187. The summed E-state index contributed by atoms with van der Waals surface area (Å²) in [5, 5.41) is 9.45. The Morgan fingerprint density at radius 2 is 1.38 bits per heavy atom. The second-order valence-electron chi connectivity index (χ2n) is 5.01. The molecule has 0 saturated heterocycles. The van der Waals surface area contributed by atoms with Gasteiger partial charge in [-0.15, -0.1) is 0 Å². The summed E-state index contributed by atoms with van der Waals surface area (Å²) in [6.07, 6.45) is 9.96. The fourth-order valence-corrected chi connectivity index (χ4v) is 3.46. The molecule has 2 nitrogen and oxygen atoms in total. The van der Waals surface area contributed by atoms with Gasteiger partial charge in [-0.25, -0.2) is 0 Å². The van der Waals surface area contributed by atoms with E-state index in [1.165, 1.54) is 44.9 Å². The number of hydrogen-bond donors (Lipinski definition) is 2. The van der Waals surface area contributed by atoms with Crippen LogP contribution in [0.3, 0.4) is 0 Å².